The Labute approximate surface area is 118 Å². The normalized spacial score (nSPS) is 14.3. The summed E-state index contributed by atoms with van der Waals surface area (Å²) in [6.45, 7) is 9.08. The fourth-order valence-corrected chi connectivity index (χ4v) is 1.87. The van der Waals surface area contributed by atoms with E-state index in [-0.39, 0.29) is 0 Å². The summed E-state index contributed by atoms with van der Waals surface area (Å²) in [5.41, 5.74) is 0.490. The molecule has 1 N–H and O–H groups in total. The Balaban J connectivity index is 3.18. The summed E-state index contributed by atoms with van der Waals surface area (Å²) in [4.78, 5) is 9.12. The zero-order chi connectivity index (χ0) is 13.8. The summed E-state index contributed by atoms with van der Waals surface area (Å²) in [5.74, 6) is 1.57. The van der Waals surface area contributed by atoms with Crippen molar-refractivity contribution in [2.45, 2.75) is 46.1 Å². The highest BCUT2D eigenvalue weighted by Crippen LogP contribution is 2.30. The second-order valence-corrected chi connectivity index (χ2v) is 5.30. The van der Waals surface area contributed by atoms with E-state index in [0.29, 0.717) is 0 Å². The molecule has 0 radical (unpaired) electrons. The number of aryl methyl sites for hydroxylation is 1. The number of anilines is 1. The number of nitrogens with zero attached hydrogens (tertiary/aromatic N) is 2. The molecule has 1 aromatic heterocycles. The number of hydrogen-bond acceptors (Lipinski definition) is 4. The first-order valence-electron chi connectivity index (χ1n) is 6.32. The van der Waals surface area contributed by atoms with Crippen LogP contribution in [0, 0.1) is 6.92 Å². The van der Waals surface area contributed by atoms with Crippen molar-refractivity contribution in [2.75, 3.05) is 19.0 Å². The fourth-order valence-electron chi connectivity index (χ4n) is 1.55. The molecule has 1 atom stereocenters. The lowest BCUT2D eigenvalue weighted by Gasteiger charge is -2.26. The predicted molar refractivity (Wildman–Crippen MR) is 77.9 cm³/mol. The van der Waals surface area contributed by atoms with Crippen molar-refractivity contribution in [2.24, 2.45) is 0 Å². The highest BCUT2D eigenvalue weighted by molar-refractivity contribution is 9.10. The zero-order valence-electron chi connectivity index (χ0n) is 11.8. The molecule has 0 saturated carbocycles. The van der Waals surface area contributed by atoms with Gasteiger partial charge in [-0.25, -0.2) is 9.97 Å². The summed E-state index contributed by atoms with van der Waals surface area (Å²) in [6, 6.07) is 0. The summed E-state index contributed by atoms with van der Waals surface area (Å²) in [6.07, 6.45) is 1.89. The Morgan fingerprint density at radius 2 is 2.00 bits per heavy atom. The van der Waals surface area contributed by atoms with E-state index in [0.717, 1.165) is 41.2 Å². The molecular formula is C13H22BrN3O. The monoisotopic (exact) mass is 315 g/mol. The third-order valence-corrected chi connectivity index (χ3v) is 4.11. The third-order valence-electron chi connectivity index (χ3n) is 3.16. The maximum absolute atomic E-state index is 5.56. The van der Waals surface area contributed by atoms with Crippen LogP contribution in [0.5, 0.6) is 0 Å². The number of methoxy groups -OCH3 is 1. The van der Waals surface area contributed by atoms with E-state index in [1.54, 1.807) is 7.11 Å². The van der Waals surface area contributed by atoms with Crippen LogP contribution in [0.4, 0.5) is 5.82 Å². The smallest absolute Gasteiger partial charge is 0.162 e. The molecule has 0 amide bonds. The highest BCUT2D eigenvalue weighted by Gasteiger charge is 2.28. The van der Waals surface area contributed by atoms with Crippen LogP contribution in [0.2, 0.25) is 0 Å². The molecule has 4 nitrogen and oxygen atoms in total. The molecule has 0 aromatic carbocycles. The molecule has 5 heteroatoms. The summed E-state index contributed by atoms with van der Waals surface area (Å²) in [5, 5.41) is 3.31. The fraction of sp³-hybridized carbons (Fsp3) is 0.692. The molecule has 0 spiro atoms. The minimum absolute atomic E-state index is 0.436. The van der Waals surface area contributed by atoms with Crippen LogP contribution in [-0.2, 0) is 10.3 Å². The molecule has 1 unspecified atom stereocenters. The molecule has 0 aliphatic carbocycles. The number of halogens is 1. The Hall–Kier alpha value is -0.680. The van der Waals surface area contributed by atoms with Crippen molar-refractivity contribution in [3.05, 3.63) is 16.0 Å². The van der Waals surface area contributed by atoms with E-state index in [1.165, 1.54) is 0 Å². The van der Waals surface area contributed by atoms with Gasteiger partial charge >= 0.3 is 0 Å². The summed E-state index contributed by atoms with van der Waals surface area (Å²) >= 11 is 3.53. The van der Waals surface area contributed by atoms with E-state index in [1.807, 2.05) is 13.8 Å². The Morgan fingerprint density at radius 3 is 2.50 bits per heavy atom. The van der Waals surface area contributed by atoms with Crippen LogP contribution < -0.4 is 5.32 Å². The molecular weight excluding hydrogens is 294 g/mol. The van der Waals surface area contributed by atoms with Crippen molar-refractivity contribution in [1.82, 2.24) is 9.97 Å². The van der Waals surface area contributed by atoms with Gasteiger partial charge in [0.05, 0.1) is 10.2 Å². The number of nitrogens with one attached hydrogen (secondary N) is 1. The Kier molecular flexibility index (Phi) is 5.53. The third kappa shape index (κ3) is 3.20. The minimum atomic E-state index is -0.436. The summed E-state index contributed by atoms with van der Waals surface area (Å²) < 4.78 is 6.48. The lowest BCUT2D eigenvalue weighted by molar-refractivity contribution is -0.00902. The van der Waals surface area contributed by atoms with Crippen LogP contribution in [0.1, 0.15) is 45.1 Å². The molecule has 0 bridgehead atoms. The van der Waals surface area contributed by atoms with Gasteiger partial charge in [0, 0.05) is 13.7 Å². The topological polar surface area (TPSA) is 47.0 Å². The van der Waals surface area contributed by atoms with Gasteiger partial charge in [0.15, 0.2) is 5.82 Å². The molecule has 0 fully saturated rings. The van der Waals surface area contributed by atoms with Gasteiger partial charge in [-0.2, -0.15) is 0 Å². The number of aromatic nitrogens is 2. The van der Waals surface area contributed by atoms with E-state index in [9.17, 15) is 0 Å². The molecule has 102 valence electrons. The average Bonchev–Trinajstić information content (AvgIpc) is 2.39. The maximum atomic E-state index is 5.56. The number of rotatable bonds is 6. The standard InChI is InChI=1S/C13H22BrN3O/c1-6-8-15-11-10(14)9(3)16-12(17-11)13(4,7-2)18-5/h6-8H2,1-5H3,(H,15,16,17). The van der Waals surface area contributed by atoms with E-state index < -0.39 is 5.60 Å². The van der Waals surface area contributed by atoms with Crippen molar-refractivity contribution in [3.8, 4) is 0 Å². The number of ether oxygens (including phenoxy) is 1. The first-order valence-corrected chi connectivity index (χ1v) is 7.11. The van der Waals surface area contributed by atoms with Gasteiger partial charge in [0.1, 0.15) is 11.4 Å². The van der Waals surface area contributed by atoms with Gasteiger partial charge in [0.25, 0.3) is 0 Å². The lowest BCUT2D eigenvalue weighted by atomic mass is 10.0. The van der Waals surface area contributed by atoms with E-state index in [4.69, 9.17) is 4.74 Å². The van der Waals surface area contributed by atoms with Crippen LogP contribution in [0.25, 0.3) is 0 Å². The molecule has 1 rings (SSSR count). The van der Waals surface area contributed by atoms with E-state index >= 15 is 0 Å². The van der Waals surface area contributed by atoms with Crippen molar-refractivity contribution < 1.29 is 4.74 Å². The molecule has 0 aliphatic heterocycles. The largest absolute Gasteiger partial charge is 0.371 e. The van der Waals surface area contributed by atoms with Crippen LogP contribution in [-0.4, -0.2) is 23.6 Å². The first-order chi connectivity index (χ1) is 8.48. The second kappa shape index (κ2) is 6.48. The van der Waals surface area contributed by atoms with Crippen molar-refractivity contribution in [3.63, 3.8) is 0 Å². The second-order valence-electron chi connectivity index (χ2n) is 4.51. The van der Waals surface area contributed by atoms with Gasteiger partial charge in [-0.1, -0.05) is 13.8 Å². The van der Waals surface area contributed by atoms with Gasteiger partial charge < -0.3 is 10.1 Å². The quantitative estimate of drug-likeness (QED) is 0.870. The first kappa shape index (κ1) is 15.4. The maximum Gasteiger partial charge on any atom is 0.162 e. The predicted octanol–water partition coefficient (Wildman–Crippen LogP) is 3.64. The molecule has 0 saturated heterocycles. The van der Waals surface area contributed by atoms with Gasteiger partial charge in [-0.05, 0) is 42.6 Å². The SMILES string of the molecule is CCCNc1nc(C(C)(CC)OC)nc(C)c1Br. The van der Waals surface area contributed by atoms with Crippen molar-refractivity contribution in [1.29, 1.82) is 0 Å². The number of hydrogen-bond donors (Lipinski definition) is 1. The Morgan fingerprint density at radius 1 is 1.33 bits per heavy atom. The van der Waals surface area contributed by atoms with Crippen LogP contribution in [0.15, 0.2) is 4.47 Å². The molecule has 18 heavy (non-hydrogen) atoms. The van der Waals surface area contributed by atoms with Crippen LogP contribution >= 0.6 is 15.9 Å². The molecule has 1 aromatic rings. The highest BCUT2D eigenvalue weighted by atomic mass is 79.9. The van der Waals surface area contributed by atoms with Crippen LogP contribution in [0.3, 0.4) is 0 Å². The molecule has 1 heterocycles. The lowest BCUT2D eigenvalue weighted by Crippen LogP contribution is -2.27. The zero-order valence-corrected chi connectivity index (χ0v) is 13.4. The van der Waals surface area contributed by atoms with E-state index in [2.05, 4.69) is 45.1 Å². The minimum Gasteiger partial charge on any atom is -0.371 e. The average molecular weight is 316 g/mol. The molecule has 0 aliphatic rings. The Bertz CT molecular complexity index is 405. The van der Waals surface area contributed by atoms with Gasteiger partial charge in [0.2, 0.25) is 0 Å². The van der Waals surface area contributed by atoms with Gasteiger partial charge in [-0.15, -0.1) is 0 Å². The van der Waals surface area contributed by atoms with Crippen molar-refractivity contribution >= 4 is 21.7 Å². The summed E-state index contributed by atoms with van der Waals surface area (Å²) in [7, 11) is 1.70. The van der Waals surface area contributed by atoms with Gasteiger partial charge in [-0.3, -0.25) is 0 Å².